The van der Waals surface area contributed by atoms with E-state index in [4.69, 9.17) is 4.74 Å². The van der Waals surface area contributed by atoms with Crippen LogP contribution in [0.2, 0.25) is 0 Å². The fraction of sp³-hybridized carbons (Fsp3) is 0.333. The first-order valence-corrected chi connectivity index (χ1v) is 8.12. The number of nitrogens with one attached hydrogen (secondary N) is 1. The van der Waals surface area contributed by atoms with Gasteiger partial charge < -0.3 is 10.1 Å². The molecule has 0 aliphatic heterocycles. The average molecular weight is 346 g/mol. The summed E-state index contributed by atoms with van der Waals surface area (Å²) in [6, 6.07) is 15.3. The lowest BCUT2D eigenvalue weighted by atomic mass is 9.75. The molecule has 0 amide bonds. The summed E-state index contributed by atoms with van der Waals surface area (Å²) < 4.78 is 6.59. The average Bonchev–Trinajstić information content (AvgIpc) is 2.44. The third-order valence-electron chi connectivity index (χ3n) is 4.26. The van der Waals surface area contributed by atoms with E-state index in [-0.39, 0.29) is 0 Å². The molecule has 0 heterocycles. The van der Waals surface area contributed by atoms with E-state index < -0.39 is 0 Å². The Bertz CT molecular complexity index is 635. The number of hydrogen-bond acceptors (Lipinski definition) is 2. The lowest BCUT2D eigenvalue weighted by molar-refractivity contribution is 0.349. The first-order valence-electron chi connectivity index (χ1n) is 7.33. The number of hydrogen-bond donors (Lipinski definition) is 1. The molecule has 2 aromatic carbocycles. The highest BCUT2D eigenvalue weighted by Gasteiger charge is 2.32. The van der Waals surface area contributed by atoms with E-state index in [9.17, 15) is 0 Å². The van der Waals surface area contributed by atoms with Gasteiger partial charge in [-0.2, -0.15) is 0 Å². The van der Waals surface area contributed by atoms with E-state index in [1.54, 1.807) is 7.11 Å². The summed E-state index contributed by atoms with van der Waals surface area (Å²) in [5, 5.41) is 3.65. The molecular formula is C18H20BrNO. The van der Waals surface area contributed by atoms with Gasteiger partial charge >= 0.3 is 0 Å². The van der Waals surface area contributed by atoms with Gasteiger partial charge in [0, 0.05) is 16.2 Å². The standard InChI is InChI=1S/C18H20BrNO/c1-12-9-14(19)7-8-17(12)20-15-10-13(11-15)16-5-3-4-6-18(16)21-2/h3-9,13,15,20H,10-11H2,1-2H3. The molecule has 1 N–H and O–H groups in total. The van der Waals surface area contributed by atoms with Crippen molar-refractivity contribution < 1.29 is 4.74 Å². The lowest BCUT2D eigenvalue weighted by Gasteiger charge is -2.37. The lowest BCUT2D eigenvalue weighted by Crippen LogP contribution is -2.34. The summed E-state index contributed by atoms with van der Waals surface area (Å²) in [6.45, 7) is 2.14. The summed E-state index contributed by atoms with van der Waals surface area (Å²) in [6.07, 6.45) is 2.33. The van der Waals surface area contributed by atoms with Gasteiger partial charge in [-0.3, -0.25) is 0 Å². The Morgan fingerprint density at radius 1 is 1.14 bits per heavy atom. The minimum Gasteiger partial charge on any atom is -0.496 e. The quantitative estimate of drug-likeness (QED) is 0.829. The van der Waals surface area contributed by atoms with Gasteiger partial charge in [-0.15, -0.1) is 0 Å². The SMILES string of the molecule is COc1ccccc1C1CC(Nc2ccc(Br)cc2C)C1. The maximum Gasteiger partial charge on any atom is 0.122 e. The molecule has 0 bridgehead atoms. The molecule has 0 radical (unpaired) electrons. The number of aryl methyl sites for hydroxylation is 1. The van der Waals surface area contributed by atoms with Crippen LogP contribution < -0.4 is 10.1 Å². The van der Waals surface area contributed by atoms with Crippen LogP contribution in [0.5, 0.6) is 5.75 Å². The molecule has 2 nitrogen and oxygen atoms in total. The minimum atomic E-state index is 0.555. The monoisotopic (exact) mass is 345 g/mol. The number of rotatable bonds is 4. The molecule has 21 heavy (non-hydrogen) atoms. The van der Waals surface area contributed by atoms with Crippen molar-refractivity contribution in [3.05, 3.63) is 58.1 Å². The van der Waals surface area contributed by atoms with E-state index in [1.807, 2.05) is 6.07 Å². The van der Waals surface area contributed by atoms with Crippen LogP contribution in [-0.4, -0.2) is 13.2 Å². The van der Waals surface area contributed by atoms with E-state index in [1.165, 1.54) is 16.8 Å². The number of anilines is 1. The third kappa shape index (κ3) is 3.08. The number of para-hydroxylation sites is 1. The Balaban J connectivity index is 1.63. The van der Waals surface area contributed by atoms with Crippen LogP contribution in [0.4, 0.5) is 5.69 Å². The molecule has 0 saturated heterocycles. The summed E-state index contributed by atoms with van der Waals surface area (Å²) in [5.74, 6) is 1.62. The summed E-state index contributed by atoms with van der Waals surface area (Å²) in [7, 11) is 1.75. The number of benzene rings is 2. The molecule has 1 saturated carbocycles. The first kappa shape index (κ1) is 14.5. The molecule has 1 aliphatic carbocycles. The van der Waals surface area contributed by atoms with Crippen LogP contribution in [0.1, 0.15) is 29.9 Å². The molecule has 0 spiro atoms. The molecule has 2 aromatic rings. The highest BCUT2D eigenvalue weighted by atomic mass is 79.9. The predicted octanol–water partition coefficient (Wildman–Crippen LogP) is 5.12. The van der Waals surface area contributed by atoms with Crippen molar-refractivity contribution in [1.29, 1.82) is 0 Å². The highest BCUT2D eigenvalue weighted by Crippen LogP contribution is 2.42. The third-order valence-corrected chi connectivity index (χ3v) is 4.76. The normalized spacial score (nSPS) is 20.7. The van der Waals surface area contributed by atoms with E-state index in [0.717, 1.165) is 23.1 Å². The zero-order valence-corrected chi connectivity index (χ0v) is 14.0. The number of ether oxygens (including phenoxy) is 1. The first-order chi connectivity index (χ1) is 10.2. The van der Waals surface area contributed by atoms with Crippen molar-refractivity contribution >= 4 is 21.6 Å². The number of halogens is 1. The van der Waals surface area contributed by atoms with Crippen LogP contribution in [0, 0.1) is 6.92 Å². The topological polar surface area (TPSA) is 21.3 Å². The van der Waals surface area contributed by atoms with Crippen molar-refractivity contribution in [3.63, 3.8) is 0 Å². The van der Waals surface area contributed by atoms with E-state index in [2.05, 4.69) is 64.6 Å². The second kappa shape index (κ2) is 6.10. The van der Waals surface area contributed by atoms with E-state index in [0.29, 0.717) is 12.0 Å². The Morgan fingerprint density at radius 2 is 1.90 bits per heavy atom. The zero-order chi connectivity index (χ0) is 14.8. The van der Waals surface area contributed by atoms with Crippen molar-refractivity contribution in [3.8, 4) is 5.75 Å². The van der Waals surface area contributed by atoms with Gasteiger partial charge in [0.25, 0.3) is 0 Å². The second-order valence-corrected chi connectivity index (χ2v) is 6.63. The number of methoxy groups -OCH3 is 1. The maximum absolute atomic E-state index is 5.46. The Kier molecular flexibility index (Phi) is 4.20. The smallest absolute Gasteiger partial charge is 0.122 e. The van der Waals surface area contributed by atoms with Crippen molar-refractivity contribution in [2.75, 3.05) is 12.4 Å². The zero-order valence-electron chi connectivity index (χ0n) is 12.4. The Labute approximate surface area is 134 Å². The van der Waals surface area contributed by atoms with Gasteiger partial charge in [-0.1, -0.05) is 34.1 Å². The Morgan fingerprint density at radius 3 is 2.62 bits per heavy atom. The van der Waals surface area contributed by atoms with Crippen LogP contribution >= 0.6 is 15.9 Å². The summed E-state index contributed by atoms with van der Waals surface area (Å²) in [4.78, 5) is 0. The predicted molar refractivity (Wildman–Crippen MR) is 91.3 cm³/mol. The second-order valence-electron chi connectivity index (χ2n) is 5.71. The van der Waals surface area contributed by atoms with Gasteiger partial charge in [0.1, 0.15) is 5.75 Å². The van der Waals surface area contributed by atoms with Crippen molar-refractivity contribution in [1.82, 2.24) is 0 Å². The van der Waals surface area contributed by atoms with E-state index >= 15 is 0 Å². The van der Waals surface area contributed by atoms with Crippen molar-refractivity contribution in [2.24, 2.45) is 0 Å². The van der Waals surface area contributed by atoms with Gasteiger partial charge in [-0.25, -0.2) is 0 Å². The molecular weight excluding hydrogens is 326 g/mol. The highest BCUT2D eigenvalue weighted by molar-refractivity contribution is 9.10. The molecule has 3 rings (SSSR count). The molecule has 0 unspecified atom stereocenters. The molecule has 0 aromatic heterocycles. The molecule has 0 atom stereocenters. The minimum absolute atomic E-state index is 0.555. The van der Waals surface area contributed by atoms with Crippen molar-refractivity contribution in [2.45, 2.75) is 31.7 Å². The van der Waals surface area contributed by atoms with Gasteiger partial charge in [0.2, 0.25) is 0 Å². The largest absolute Gasteiger partial charge is 0.496 e. The fourth-order valence-corrected chi connectivity index (χ4v) is 3.48. The molecule has 110 valence electrons. The van der Waals surface area contributed by atoms with Gasteiger partial charge in [0.15, 0.2) is 0 Å². The molecule has 3 heteroatoms. The summed E-state index contributed by atoms with van der Waals surface area (Å²) >= 11 is 3.51. The molecule has 1 fully saturated rings. The maximum atomic E-state index is 5.46. The summed E-state index contributed by atoms with van der Waals surface area (Å²) in [5.41, 5.74) is 3.86. The molecule has 1 aliphatic rings. The van der Waals surface area contributed by atoms with Crippen LogP contribution in [-0.2, 0) is 0 Å². The Hall–Kier alpha value is -1.48. The fourth-order valence-electron chi connectivity index (χ4n) is 3.00. The van der Waals surface area contributed by atoms with Gasteiger partial charge in [-0.05, 0) is 61.1 Å². The van der Waals surface area contributed by atoms with Crippen LogP contribution in [0.25, 0.3) is 0 Å². The van der Waals surface area contributed by atoms with Crippen LogP contribution in [0.3, 0.4) is 0 Å². The van der Waals surface area contributed by atoms with Crippen LogP contribution in [0.15, 0.2) is 46.9 Å². The van der Waals surface area contributed by atoms with Gasteiger partial charge in [0.05, 0.1) is 7.11 Å².